The predicted molar refractivity (Wildman–Crippen MR) is 13.5 cm³/mol. The maximum absolute atomic E-state index is 8.93. The maximum atomic E-state index is 8.93. The van der Waals surface area contributed by atoms with Crippen molar-refractivity contribution in [2.45, 2.75) is 0 Å². The summed E-state index contributed by atoms with van der Waals surface area (Å²) in [7, 11) is 0. The van der Waals surface area contributed by atoms with Gasteiger partial charge in [0, 0.05) is 0 Å². The Hall–Kier alpha value is -0.610. The Morgan fingerprint density at radius 1 is 2.00 bits per heavy atom. The first-order valence-electron chi connectivity index (χ1n) is 0.886. The summed E-state index contributed by atoms with van der Waals surface area (Å²) in [5.41, 5.74) is 0. The zero-order chi connectivity index (χ0) is 4.28. The summed E-state index contributed by atoms with van der Waals surface area (Å²) in [5, 5.41) is 7.37. The normalized spacial score (nSPS) is 6.80. The van der Waals surface area contributed by atoms with Crippen LogP contribution < -0.4 is 5.84 Å². The molecule has 0 spiro atoms. The lowest BCUT2D eigenvalue weighted by molar-refractivity contribution is -0.0179. The molecule has 0 aliphatic carbocycles. The van der Waals surface area contributed by atoms with E-state index >= 15 is 0 Å². The van der Waals surface area contributed by atoms with Crippen molar-refractivity contribution in [3.8, 4) is 0 Å². The van der Waals surface area contributed by atoms with Crippen molar-refractivity contribution < 1.29 is 10.0 Å². The molecule has 1 radical (unpaired) electrons. The molecular formula is CH3N2O2. The average molecular weight is 75.0 g/mol. The highest BCUT2D eigenvalue weighted by Gasteiger charge is 1.74. The van der Waals surface area contributed by atoms with Crippen molar-refractivity contribution in [1.82, 2.24) is 5.17 Å². The predicted octanol–water partition coefficient (Wildman–Crippen LogP) is -1.38. The van der Waals surface area contributed by atoms with Gasteiger partial charge in [-0.3, -0.25) is 10.0 Å². The molecular weight excluding hydrogens is 72.0 g/mol. The molecule has 0 aromatic heterocycles. The fourth-order valence-corrected chi connectivity index (χ4v) is 0. The van der Waals surface area contributed by atoms with E-state index in [2.05, 4.69) is 5.84 Å². The van der Waals surface area contributed by atoms with Gasteiger partial charge in [0.15, 0.2) is 0 Å². The summed E-state index contributed by atoms with van der Waals surface area (Å²) in [5.74, 6) is 4.26. The van der Waals surface area contributed by atoms with Gasteiger partial charge in [-0.1, -0.05) is 0 Å². The van der Waals surface area contributed by atoms with Crippen molar-refractivity contribution in [2.75, 3.05) is 0 Å². The van der Waals surface area contributed by atoms with E-state index in [-0.39, 0.29) is 5.17 Å². The van der Waals surface area contributed by atoms with Gasteiger partial charge >= 0.3 is 6.41 Å². The van der Waals surface area contributed by atoms with E-state index in [4.69, 9.17) is 10.0 Å². The molecule has 0 bridgehead atoms. The lowest BCUT2D eigenvalue weighted by Crippen LogP contribution is -2.23. The first-order chi connectivity index (χ1) is 2.27. The number of rotatable bonds is 1. The molecule has 29 valence electrons. The fourth-order valence-electron chi connectivity index (χ4n) is 0. The fraction of sp³-hybridized carbons (Fsp3) is 0. The van der Waals surface area contributed by atoms with E-state index in [1.54, 1.807) is 0 Å². The smallest absolute Gasteiger partial charge is 0.270 e. The number of hydrogen-bond acceptors (Lipinski definition) is 3. The average Bonchev–Trinajstić information content (AvgIpc) is 1.38. The van der Waals surface area contributed by atoms with Crippen molar-refractivity contribution in [2.24, 2.45) is 5.84 Å². The molecule has 4 nitrogen and oxygen atoms in total. The molecule has 0 fully saturated rings. The molecule has 0 saturated carbocycles. The van der Waals surface area contributed by atoms with Gasteiger partial charge in [-0.2, -0.15) is 0 Å². The van der Waals surface area contributed by atoms with E-state index in [0.29, 0.717) is 0 Å². The van der Waals surface area contributed by atoms with Crippen molar-refractivity contribution in [3.05, 3.63) is 0 Å². The first kappa shape index (κ1) is 4.39. The minimum absolute atomic E-state index is 0.181. The van der Waals surface area contributed by atoms with Crippen LogP contribution in [0.4, 0.5) is 0 Å². The van der Waals surface area contributed by atoms with Crippen LogP contribution in [-0.2, 0) is 4.79 Å². The third kappa shape index (κ3) is 3.39. The Kier molecular flexibility index (Phi) is 1.48. The molecule has 0 aromatic carbocycles. The molecule has 4 heteroatoms. The highest BCUT2D eigenvalue weighted by Crippen LogP contribution is 1.41. The number of hydrogen-bond donors (Lipinski definition) is 2. The molecule has 0 aliphatic rings. The molecule has 0 heterocycles. The lowest BCUT2D eigenvalue weighted by atomic mass is 11.4. The Balaban J connectivity index is 2.83. The first-order valence-corrected chi connectivity index (χ1v) is 0.886. The molecule has 3 N–H and O–H groups in total. The van der Waals surface area contributed by atoms with E-state index in [9.17, 15) is 0 Å². The minimum atomic E-state index is -0.181. The summed E-state index contributed by atoms with van der Waals surface area (Å²) >= 11 is 0. The van der Waals surface area contributed by atoms with Crippen LogP contribution in [0.5, 0.6) is 0 Å². The van der Waals surface area contributed by atoms with Gasteiger partial charge in [0.25, 0.3) is 0 Å². The second-order valence-electron chi connectivity index (χ2n) is 0.436. The van der Waals surface area contributed by atoms with Gasteiger partial charge < -0.3 is 0 Å². The van der Waals surface area contributed by atoms with Crippen LogP contribution >= 0.6 is 0 Å². The van der Waals surface area contributed by atoms with Crippen molar-refractivity contribution in [3.63, 3.8) is 0 Å². The molecule has 0 rings (SSSR count). The van der Waals surface area contributed by atoms with Crippen LogP contribution in [0.2, 0.25) is 0 Å². The number of hydroxylamine groups is 1. The zero-order valence-corrected chi connectivity index (χ0v) is 2.38. The third-order valence-corrected chi connectivity index (χ3v) is 0.0935. The summed E-state index contributed by atoms with van der Waals surface area (Å²) in [6, 6.07) is 0. The van der Waals surface area contributed by atoms with Gasteiger partial charge in [0.2, 0.25) is 0 Å². The van der Waals surface area contributed by atoms with Gasteiger partial charge in [-0.15, -0.1) is 5.17 Å². The standard InChI is InChI=1S/CH3N2O2/c2-3(5)1-4/h5H,2H2. The zero-order valence-electron chi connectivity index (χ0n) is 2.38. The summed E-state index contributed by atoms with van der Waals surface area (Å²) in [6.07, 6.45) is 0.944. The highest BCUT2D eigenvalue weighted by molar-refractivity contribution is 5.44. The third-order valence-electron chi connectivity index (χ3n) is 0.0935. The van der Waals surface area contributed by atoms with Crippen LogP contribution in [0.25, 0.3) is 0 Å². The number of amides is 1. The van der Waals surface area contributed by atoms with Crippen LogP contribution in [0.1, 0.15) is 0 Å². The topological polar surface area (TPSA) is 66.6 Å². The second kappa shape index (κ2) is 1.68. The van der Waals surface area contributed by atoms with E-state index < -0.39 is 0 Å². The van der Waals surface area contributed by atoms with Crippen LogP contribution in [-0.4, -0.2) is 16.8 Å². The molecule has 0 aromatic rings. The molecule has 0 aliphatic heterocycles. The van der Waals surface area contributed by atoms with E-state index in [1.807, 2.05) is 0 Å². The molecule has 0 atom stereocenters. The number of nitrogens with two attached hydrogens (primary N) is 1. The number of hydrazine groups is 1. The maximum Gasteiger partial charge on any atom is 0.353 e. The molecule has 5 heavy (non-hydrogen) atoms. The monoisotopic (exact) mass is 75.0 g/mol. The minimum Gasteiger partial charge on any atom is -0.270 e. The van der Waals surface area contributed by atoms with Gasteiger partial charge in [0.1, 0.15) is 0 Å². The van der Waals surface area contributed by atoms with E-state index in [0.717, 1.165) is 6.41 Å². The van der Waals surface area contributed by atoms with Crippen LogP contribution in [0, 0.1) is 0 Å². The number of carbonyl (C=O) groups excluding carboxylic acids is 1. The largest absolute Gasteiger partial charge is 0.353 e. The van der Waals surface area contributed by atoms with Crippen LogP contribution in [0.3, 0.4) is 0 Å². The highest BCUT2D eigenvalue weighted by atomic mass is 16.5. The van der Waals surface area contributed by atoms with Gasteiger partial charge in [-0.25, -0.2) is 5.84 Å². The Bertz CT molecular complexity index is 34.6. The summed E-state index contributed by atoms with van der Waals surface area (Å²) in [6.45, 7) is 0. The molecule has 1 amide bonds. The van der Waals surface area contributed by atoms with E-state index in [1.165, 1.54) is 0 Å². The SMILES string of the molecule is NN(O)[C]=O. The lowest BCUT2D eigenvalue weighted by Gasteiger charge is -1.88. The van der Waals surface area contributed by atoms with Crippen molar-refractivity contribution >= 4 is 6.41 Å². The number of nitrogens with zero attached hydrogens (tertiary/aromatic N) is 1. The van der Waals surface area contributed by atoms with Gasteiger partial charge in [0.05, 0.1) is 0 Å². The van der Waals surface area contributed by atoms with Crippen molar-refractivity contribution in [1.29, 1.82) is 0 Å². The second-order valence-corrected chi connectivity index (χ2v) is 0.436. The Labute approximate surface area is 28.7 Å². The summed E-state index contributed by atoms with van der Waals surface area (Å²) in [4.78, 5) is 8.93. The quantitative estimate of drug-likeness (QED) is 0.133. The van der Waals surface area contributed by atoms with Gasteiger partial charge in [-0.05, 0) is 0 Å². The van der Waals surface area contributed by atoms with Crippen LogP contribution in [0.15, 0.2) is 0 Å². The Morgan fingerprint density at radius 2 is 2.20 bits per heavy atom. The Morgan fingerprint density at radius 3 is 2.20 bits per heavy atom. The summed E-state index contributed by atoms with van der Waals surface area (Å²) < 4.78 is 0. The molecule has 0 unspecified atom stereocenters. The molecule has 0 saturated heterocycles.